The zero-order chi connectivity index (χ0) is 15.0. The number of carbonyl (C=O) groups is 2. The van der Waals surface area contributed by atoms with Crippen LogP contribution in [0.15, 0.2) is 10.6 Å². The lowest BCUT2D eigenvalue weighted by Gasteiger charge is -2.02. The number of amides is 2. The highest BCUT2D eigenvalue weighted by atomic mass is 16.5. The maximum Gasteiger partial charge on any atom is 0.225 e. The van der Waals surface area contributed by atoms with E-state index >= 15 is 0 Å². The van der Waals surface area contributed by atoms with Gasteiger partial charge in [-0.3, -0.25) is 9.59 Å². The molecule has 0 unspecified atom stereocenters. The van der Waals surface area contributed by atoms with Crippen LogP contribution in [0.4, 0.5) is 5.82 Å². The first kappa shape index (κ1) is 16.2. The smallest absolute Gasteiger partial charge is 0.225 e. The summed E-state index contributed by atoms with van der Waals surface area (Å²) in [5.41, 5.74) is 0. The van der Waals surface area contributed by atoms with Crippen LogP contribution >= 0.6 is 0 Å². The van der Waals surface area contributed by atoms with Gasteiger partial charge in [-0.1, -0.05) is 25.4 Å². The van der Waals surface area contributed by atoms with Gasteiger partial charge in [-0.2, -0.15) is 0 Å². The average Bonchev–Trinajstić information content (AvgIpc) is 2.81. The Morgan fingerprint density at radius 3 is 2.65 bits per heavy atom. The molecule has 2 amide bonds. The first-order valence-electron chi connectivity index (χ1n) is 7.00. The number of nitrogens with one attached hydrogen (secondary N) is 2. The van der Waals surface area contributed by atoms with Crippen LogP contribution in [0.25, 0.3) is 0 Å². The second-order valence-electron chi connectivity index (χ2n) is 5.11. The van der Waals surface area contributed by atoms with Crippen molar-refractivity contribution in [1.82, 2.24) is 10.5 Å². The van der Waals surface area contributed by atoms with Gasteiger partial charge in [-0.15, -0.1) is 0 Å². The summed E-state index contributed by atoms with van der Waals surface area (Å²) in [4.78, 5) is 22.3. The molecule has 6 nitrogen and oxygen atoms in total. The van der Waals surface area contributed by atoms with Crippen molar-refractivity contribution >= 4 is 17.6 Å². The summed E-state index contributed by atoms with van der Waals surface area (Å²) in [7, 11) is 0. The predicted molar refractivity (Wildman–Crippen MR) is 76.4 cm³/mol. The molecule has 0 bridgehead atoms. The van der Waals surface area contributed by atoms with E-state index in [9.17, 15) is 9.59 Å². The fourth-order valence-corrected chi connectivity index (χ4v) is 1.68. The Kier molecular flexibility index (Phi) is 6.76. The highest BCUT2D eigenvalue weighted by molar-refractivity contribution is 5.89. The van der Waals surface area contributed by atoms with E-state index in [4.69, 9.17) is 4.52 Å². The first-order valence-corrected chi connectivity index (χ1v) is 7.00. The standard InChI is InChI=1S/C14H23N3O3/c1-10(2)12-9-13(17-20-12)16-14(19)7-5-4-6-8-15-11(3)18/h9-10H,4-8H2,1-3H3,(H,15,18)(H,16,17,19). The Balaban J connectivity index is 2.15. The monoisotopic (exact) mass is 281 g/mol. The summed E-state index contributed by atoms with van der Waals surface area (Å²) in [6, 6.07) is 1.75. The van der Waals surface area contributed by atoms with Gasteiger partial charge in [0.25, 0.3) is 0 Å². The molecule has 0 aromatic carbocycles. The molecule has 112 valence electrons. The molecule has 0 atom stereocenters. The maximum absolute atomic E-state index is 11.7. The van der Waals surface area contributed by atoms with Crippen LogP contribution in [0, 0.1) is 0 Å². The summed E-state index contributed by atoms with van der Waals surface area (Å²) in [6.07, 6.45) is 3.03. The largest absolute Gasteiger partial charge is 0.359 e. The van der Waals surface area contributed by atoms with Gasteiger partial charge in [0.15, 0.2) is 5.82 Å². The van der Waals surface area contributed by atoms with E-state index in [1.165, 1.54) is 6.92 Å². The van der Waals surface area contributed by atoms with Gasteiger partial charge in [0.05, 0.1) is 0 Å². The maximum atomic E-state index is 11.7. The molecular weight excluding hydrogens is 258 g/mol. The van der Waals surface area contributed by atoms with Crippen LogP contribution < -0.4 is 10.6 Å². The zero-order valence-electron chi connectivity index (χ0n) is 12.4. The van der Waals surface area contributed by atoms with Gasteiger partial charge < -0.3 is 15.2 Å². The van der Waals surface area contributed by atoms with Crippen molar-refractivity contribution in [3.63, 3.8) is 0 Å². The summed E-state index contributed by atoms with van der Waals surface area (Å²) in [6.45, 7) is 6.16. The van der Waals surface area contributed by atoms with E-state index < -0.39 is 0 Å². The quantitative estimate of drug-likeness (QED) is 0.717. The Bertz CT molecular complexity index is 441. The molecule has 1 rings (SSSR count). The van der Waals surface area contributed by atoms with Gasteiger partial charge in [0.2, 0.25) is 11.8 Å². The average molecular weight is 281 g/mol. The minimum absolute atomic E-state index is 0.0188. The van der Waals surface area contributed by atoms with Crippen LogP contribution in [0.2, 0.25) is 0 Å². The lowest BCUT2D eigenvalue weighted by atomic mass is 10.1. The van der Waals surface area contributed by atoms with Gasteiger partial charge in [0.1, 0.15) is 5.76 Å². The number of anilines is 1. The van der Waals surface area contributed by atoms with Gasteiger partial charge in [-0.25, -0.2) is 0 Å². The van der Waals surface area contributed by atoms with Gasteiger partial charge >= 0.3 is 0 Å². The van der Waals surface area contributed by atoms with Crippen molar-refractivity contribution < 1.29 is 14.1 Å². The number of nitrogens with zero attached hydrogens (tertiary/aromatic N) is 1. The summed E-state index contributed by atoms with van der Waals surface area (Å²) in [5.74, 6) is 1.40. The first-order chi connectivity index (χ1) is 9.49. The van der Waals surface area contributed by atoms with Crippen LogP contribution in [0.1, 0.15) is 58.1 Å². The Hall–Kier alpha value is -1.85. The van der Waals surface area contributed by atoms with Crippen molar-refractivity contribution in [2.24, 2.45) is 0 Å². The minimum atomic E-state index is -0.0619. The van der Waals surface area contributed by atoms with E-state index in [-0.39, 0.29) is 17.7 Å². The molecule has 20 heavy (non-hydrogen) atoms. The molecule has 1 heterocycles. The Morgan fingerprint density at radius 1 is 1.30 bits per heavy atom. The molecule has 0 fully saturated rings. The van der Waals surface area contributed by atoms with E-state index in [0.29, 0.717) is 18.8 Å². The Labute approximate surface area is 119 Å². The third-order valence-electron chi connectivity index (χ3n) is 2.82. The third-order valence-corrected chi connectivity index (χ3v) is 2.82. The lowest BCUT2D eigenvalue weighted by Crippen LogP contribution is -2.20. The summed E-state index contributed by atoms with van der Waals surface area (Å²) >= 11 is 0. The van der Waals surface area contributed by atoms with Gasteiger partial charge in [0, 0.05) is 31.9 Å². The molecule has 0 aliphatic rings. The van der Waals surface area contributed by atoms with Crippen molar-refractivity contribution in [3.8, 4) is 0 Å². The van der Waals surface area contributed by atoms with Crippen molar-refractivity contribution in [3.05, 3.63) is 11.8 Å². The van der Waals surface area contributed by atoms with Crippen LogP contribution in [-0.2, 0) is 9.59 Å². The Morgan fingerprint density at radius 2 is 2.05 bits per heavy atom. The molecule has 0 aliphatic carbocycles. The second-order valence-corrected chi connectivity index (χ2v) is 5.11. The highest BCUT2D eigenvalue weighted by Crippen LogP contribution is 2.17. The topological polar surface area (TPSA) is 84.2 Å². The number of hydrogen-bond donors (Lipinski definition) is 2. The molecule has 1 aromatic heterocycles. The molecule has 6 heteroatoms. The lowest BCUT2D eigenvalue weighted by molar-refractivity contribution is -0.119. The molecule has 0 saturated carbocycles. The van der Waals surface area contributed by atoms with Crippen molar-refractivity contribution in [2.45, 2.75) is 52.4 Å². The molecule has 2 N–H and O–H groups in total. The van der Waals surface area contributed by atoms with Crippen LogP contribution in [-0.4, -0.2) is 23.5 Å². The van der Waals surface area contributed by atoms with Crippen LogP contribution in [0.5, 0.6) is 0 Å². The number of hydrogen-bond acceptors (Lipinski definition) is 4. The van der Waals surface area contributed by atoms with E-state index in [1.54, 1.807) is 6.07 Å². The zero-order valence-corrected chi connectivity index (χ0v) is 12.4. The highest BCUT2D eigenvalue weighted by Gasteiger charge is 2.10. The van der Waals surface area contributed by atoms with E-state index in [2.05, 4.69) is 15.8 Å². The fourth-order valence-electron chi connectivity index (χ4n) is 1.68. The van der Waals surface area contributed by atoms with Gasteiger partial charge in [-0.05, 0) is 12.8 Å². The molecule has 0 radical (unpaired) electrons. The number of carbonyl (C=O) groups excluding carboxylic acids is 2. The number of unbranched alkanes of at least 4 members (excludes halogenated alkanes) is 2. The van der Waals surface area contributed by atoms with Crippen molar-refractivity contribution in [1.29, 1.82) is 0 Å². The van der Waals surface area contributed by atoms with E-state index in [0.717, 1.165) is 25.0 Å². The summed E-state index contributed by atoms with van der Waals surface area (Å²) in [5, 5.41) is 9.24. The molecular formula is C14H23N3O3. The molecule has 0 saturated heterocycles. The fraction of sp³-hybridized carbons (Fsp3) is 0.643. The van der Waals surface area contributed by atoms with Crippen molar-refractivity contribution in [2.75, 3.05) is 11.9 Å². The molecule has 1 aromatic rings. The number of aromatic nitrogens is 1. The van der Waals surface area contributed by atoms with E-state index in [1.807, 2.05) is 13.8 Å². The third kappa shape index (κ3) is 6.36. The number of rotatable bonds is 8. The molecule has 0 aliphatic heterocycles. The second kappa shape index (κ2) is 8.35. The van der Waals surface area contributed by atoms with Crippen LogP contribution in [0.3, 0.4) is 0 Å². The summed E-state index contributed by atoms with van der Waals surface area (Å²) < 4.78 is 5.10. The normalized spacial score (nSPS) is 10.6. The molecule has 0 spiro atoms. The SMILES string of the molecule is CC(=O)NCCCCCC(=O)Nc1cc(C(C)C)on1. The minimum Gasteiger partial charge on any atom is -0.359 e. The predicted octanol–water partition coefficient (Wildman–Crippen LogP) is 2.43.